The van der Waals surface area contributed by atoms with Crippen molar-refractivity contribution in [1.82, 2.24) is 14.5 Å². The molecule has 4 aromatic rings. The molecule has 9 heteroatoms. The zero-order valence-corrected chi connectivity index (χ0v) is 16.9. The Bertz CT molecular complexity index is 1300. The number of hydrogen-bond acceptors (Lipinski definition) is 5. The van der Waals surface area contributed by atoms with E-state index in [1.165, 1.54) is 24.5 Å². The van der Waals surface area contributed by atoms with Crippen LogP contribution in [-0.4, -0.2) is 28.9 Å². The highest BCUT2D eigenvalue weighted by molar-refractivity contribution is 7.92. The normalized spacial score (nSPS) is 11.4. The van der Waals surface area contributed by atoms with E-state index in [-0.39, 0.29) is 23.3 Å². The van der Waals surface area contributed by atoms with E-state index in [1.54, 1.807) is 18.2 Å². The van der Waals surface area contributed by atoms with Crippen molar-refractivity contribution < 1.29 is 13.2 Å². The van der Waals surface area contributed by atoms with Crippen molar-refractivity contribution in [3.63, 3.8) is 0 Å². The monoisotopic (exact) mass is 421 g/mol. The van der Waals surface area contributed by atoms with Crippen LogP contribution in [0.25, 0.3) is 10.9 Å². The Morgan fingerprint density at radius 3 is 2.43 bits per heavy atom. The Labute approximate surface area is 173 Å². The number of sulfonamides is 1. The molecule has 2 heterocycles. The predicted octanol–water partition coefficient (Wildman–Crippen LogP) is 3.18. The number of benzene rings is 2. The maximum Gasteiger partial charge on any atom is 0.264 e. The van der Waals surface area contributed by atoms with Gasteiger partial charge < -0.3 is 9.88 Å². The molecule has 2 aromatic carbocycles. The van der Waals surface area contributed by atoms with Crippen molar-refractivity contribution in [3.8, 4) is 0 Å². The van der Waals surface area contributed by atoms with Gasteiger partial charge >= 0.3 is 0 Å². The number of aromatic nitrogens is 3. The second-order valence-corrected chi connectivity index (χ2v) is 8.36. The van der Waals surface area contributed by atoms with Crippen LogP contribution in [0.15, 0.2) is 78.0 Å². The molecule has 2 aromatic heterocycles. The Morgan fingerprint density at radius 1 is 1.00 bits per heavy atom. The Kier molecular flexibility index (Phi) is 5.20. The van der Waals surface area contributed by atoms with Crippen LogP contribution < -0.4 is 10.0 Å². The smallest absolute Gasteiger partial charge is 0.264 e. The fourth-order valence-corrected chi connectivity index (χ4v) is 4.11. The van der Waals surface area contributed by atoms with Gasteiger partial charge in [-0.25, -0.2) is 23.1 Å². The Hall–Kier alpha value is -3.72. The third kappa shape index (κ3) is 4.15. The molecule has 0 bridgehead atoms. The number of rotatable bonds is 6. The van der Waals surface area contributed by atoms with Crippen molar-refractivity contribution in [1.29, 1.82) is 0 Å². The second kappa shape index (κ2) is 7.96. The summed E-state index contributed by atoms with van der Waals surface area (Å²) in [5.74, 6) is -0.213. The number of para-hydroxylation sites is 1. The summed E-state index contributed by atoms with van der Waals surface area (Å²) >= 11 is 0. The second-order valence-electron chi connectivity index (χ2n) is 6.68. The minimum Gasteiger partial charge on any atom is -0.335 e. The fraction of sp³-hybridized carbons (Fsp3) is 0.0952. The molecule has 0 radical (unpaired) electrons. The van der Waals surface area contributed by atoms with Crippen molar-refractivity contribution in [2.45, 2.75) is 18.4 Å². The van der Waals surface area contributed by atoms with Crippen LogP contribution in [0.3, 0.4) is 0 Å². The van der Waals surface area contributed by atoms with Crippen LogP contribution in [0.4, 0.5) is 11.6 Å². The third-order valence-electron chi connectivity index (χ3n) is 4.56. The summed E-state index contributed by atoms with van der Waals surface area (Å²) in [5, 5.41) is 3.88. The highest BCUT2D eigenvalue weighted by atomic mass is 32.2. The van der Waals surface area contributed by atoms with E-state index in [0.29, 0.717) is 5.69 Å². The van der Waals surface area contributed by atoms with E-state index < -0.39 is 10.0 Å². The first-order chi connectivity index (χ1) is 14.4. The van der Waals surface area contributed by atoms with Crippen LogP contribution >= 0.6 is 0 Å². The van der Waals surface area contributed by atoms with Gasteiger partial charge in [0, 0.05) is 29.3 Å². The van der Waals surface area contributed by atoms with Crippen molar-refractivity contribution in [2.24, 2.45) is 0 Å². The van der Waals surface area contributed by atoms with Gasteiger partial charge in [0.15, 0.2) is 0 Å². The molecule has 152 valence electrons. The van der Waals surface area contributed by atoms with Gasteiger partial charge in [0.2, 0.25) is 11.9 Å². The lowest BCUT2D eigenvalue weighted by atomic mass is 10.2. The number of nitrogens with zero attached hydrogens (tertiary/aromatic N) is 3. The van der Waals surface area contributed by atoms with Gasteiger partial charge in [0.25, 0.3) is 10.0 Å². The number of fused-ring (bicyclic) bond motifs is 1. The molecule has 0 saturated heterocycles. The maximum atomic E-state index is 12.5. The average Bonchev–Trinajstić information content (AvgIpc) is 3.04. The van der Waals surface area contributed by atoms with Gasteiger partial charge in [-0.2, -0.15) is 0 Å². The zero-order chi connectivity index (χ0) is 21.1. The predicted molar refractivity (Wildman–Crippen MR) is 115 cm³/mol. The summed E-state index contributed by atoms with van der Waals surface area (Å²) < 4.78 is 29.1. The number of carbonyl (C=O) groups is 1. The summed E-state index contributed by atoms with van der Waals surface area (Å²) in [7, 11) is -3.82. The van der Waals surface area contributed by atoms with E-state index >= 15 is 0 Å². The summed E-state index contributed by atoms with van der Waals surface area (Å²) in [4.78, 5) is 20.3. The molecule has 0 aliphatic carbocycles. The van der Waals surface area contributed by atoms with Gasteiger partial charge in [-0.15, -0.1) is 0 Å². The number of nitrogens with one attached hydrogen (secondary N) is 2. The highest BCUT2D eigenvalue weighted by Crippen LogP contribution is 2.20. The molecule has 0 atom stereocenters. The Morgan fingerprint density at radius 2 is 1.70 bits per heavy atom. The lowest BCUT2D eigenvalue weighted by Crippen LogP contribution is -2.19. The molecule has 4 rings (SSSR count). The largest absolute Gasteiger partial charge is 0.335 e. The summed E-state index contributed by atoms with van der Waals surface area (Å²) in [6, 6.07) is 17.4. The van der Waals surface area contributed by atoms with E-state index in [2.05, 4.69) is 20.0 Å². The lowest BCUT2D eigenvalue weighted by molar-refractivity contribution is -0.116. The Balaban J connectivity index is 1.45. The number of anilines is 2. The fourth-order valence-electron chi connectivity index (χ4n) is 3.15. The molecule has 1 amide bonds. The molecule has 0 spiro atoms. The average molecular weight is 421 g/mol. The van der Waals surface area contributed by atoms with Crippen LogP contribution in [0.5, 0.6) is 0 Å². The molecule has 30 heavy (non-hydrogen) atoms. The van der Waals surface area contributed by atoms with Crippen LogP contribution in [0.2, 0.25) is 0 Å². The van der Waals surface area contributed by atoms with Gasteiger partial charge in [0.1, 0.15) is 6.54 Å². The standard InChI is InChI=1S/C21H19N5O3S/c1-15-13-16-5-2-3-6-19(16)26(15)14-20(27)24-17-7-9-18(10-8-17)30(28,29)25-21-22-11-4-12-23-21/h2-13H,14H2,1H3,(H,24,27)(H,22,23,25). The van der Waals surface area contributed by atoms with E-state index in [1.807, 2.05) is 41.8 Å². The summed E-state index contributed by atoms with van der Waals surface area (Å²) in [5.41, 5.74) is 2.48. The van der Waals surface area contributed by atoms with Crippen molar-refractivity contribution in [2.75, 3.05) is 10.0 Å². The minimum absolute atomic E-state index is 0.0100. The SMILES string of the molecule is Cc1cc2ccccc2n1CC(=O)Nc1ccc(S(=O)(=O)Nc2ncccn2)cc1. The summed E-state index contributed by atoms with van der Waals surface area (Å²) in [6.45, 7) is 2.11. The number of hydrogen-bond donors (Lipinski definition) is 2. The highest BCUT2D eigenvalue weighted by Gasteiger charge is 2.16. The first-order valence-electron chi connectivity index (χ1n) is 9.17. The van der Waals surface area contributed by atoms with E-state index in [9.17, 15) is 13.2 Å². The van der Waals surface area contributed by atoms with Gasteiger partial charge in [0.05, 0.1) is 4.90 Å². The third-order valence-corrected chi connectivity index (χ3v) is 5.90. The first kappa shape index (κ1) is 19.6. The topological polar surface area (TPSA) is 106 Å². The molecule has 0 aliphatic heterocycles. The molecular formula is C21H19N5O3S. The molecule has 8 nitrogen and oxygen atoms in total. The van der Waals surface area contributed by atoms with Crippen molar-refractivity contribution in [3.05, 3.63) is 78.8 Å². The summed E-state index contributed by atoms with van der Waals surface area (Å²) in [6.07, 6.45) is 2.89. The van der Waals surface area contributed by atoms with E-state index in [4.69, 9.17) is 0 Å². The van der Waals surface area contributed by atoms with E-state index in [0.717, 1.165) is 16.6 Å². The maximum absolute atomic E-state index is 12.5. The molecule has 0 fully saturated rings. The van der Waals surface area contributed by atoms with Gasteiger partial charge in [-0.1, -0.05) is 18.2 Å². The van der Waals surface area contributed by atoms with Crippen LogP contribution in [0.1, 0.15) is 5.69 Å². The molecule has 0 aliphatic rings. The molecular weight excluding hydrogens is 402 g/mol. The quantitative estimate of drug-likeness (QED) is 0.497. The van der Waals surface area contributed by atoms with Gasteiger partial charge in [-0.3, -0.25) is 4.79 Å². The van der Waals surface area contributed by atoms with Crippen LogP contribution in [0, 0.1) is 6.92 Å². The van der Waals surface area contributed by atoms with Crippen LogP contribution in [-0.2, 0) is 21.4 Å². The molecule has 0 unspecified atom stereocenters. The first-order valence-corrected chi connectivity index (χ1v) is 10.7. The minimum atomic E-state index is -3.82. The van der Waals surface area contributed by atoms with Crippen molar-refractivity contribution >= 4 is 38.5 Å². The number of carbonyl (C=O) groups excluding carboxylic acids is 1. The lowest BCUT2D eigenvalue weighted by Gasteiger charge is -2.10. The zero-order valence-electron chi connectivity index (χ0n) is 16.1. The number of aryl methyl sites for hydroxylation is 1. The number of amides is 1. The van der Waals surface area contributed by atoms with Gasteiger partial charge in [-0.05, 0) is 54.8 Å². The molecule has 2 N–H and O–H groups in total. The molecule has 0 saturated carbocycles.